The summed E-state index contributed by atoms with van der Waals surface area (Å²) in [5, 5.41) is 9.23. The predicted molar refractivity (Wildman–Crippen MR) is 97.9 cm³/mol. The number of allylic oxidation sites excluding steroid dienone is 1. The molecule has 0 aromatic carbocycles. The summed E-state index contributed by atoms with van der Waals surface area (Å²) in [4.78, 5) is 1.47. The summed E-state index contributed by atoms with van der Waals surface area (Å²) in [6.45, 7) is 1.11. The minimum Gasteiger partial charge on any atom is -0.479 e. The molecule has 1 saturated heterocycles. The van der Waals surface area contributed by atoms with Crippen LogP contribution in [0.5, 0.6) is 0 Å². The number of fused-ring (bicyclic) bond motifs is 4. The first kappa shape index (κ1) is 12.3. The summed E-state index contributed by atoms with van der Waals surface area (Å²) >= 11 is 1.86. The molecule has 1 aromatic heterocycles. The largest absolute Gasteiger partial charge is 0.479 e. The Labute approximate surface area is 152 Å². The summed E-state index contributed by atoms with van der Waals surface area (Å²) in [6, 6.07) is -0.280. The highest BCUT2D eigenvalue weighted by Crippen LogP contribution is 2.47. The van der Waals surface area contributed by atoms with E-state index in [4.69, 9.17) is 8.85 Å². The van der Waals surface area contributed by atoms with Crippen molar-refractivity contribution in [2.75, 3.05) is 0 Å². The Morgan fingerprint density at radius 1 is 1.38 bits per heavy atom. The van der Waals surface area contributed by atoms with Gasteiger partial charge >= 0.3 is 0 Å². The van der Waals surface area contributed by atoms with Gasteiger partial charge in [-0.05, 0) is 61.5 Å². The average molecular weight is 346 g/mol. The normalized spacial score (nSPS) is 40.0. The van der Waals surface area contributed by atoms with Crippen molar-refractivity contribution in [1.82, 2.24) is 10.6 Å². The smallest absolute Gasteiger partial charge is 0.157 e. The number of ether oxygens (including phenoxy) is 1. The van der Waals surface area contributed by atoms with Gasteiger partial charge in [0.05, 0.1) is 0 Å². The average Bonchev–Trinajstić information content (AvgIpc) is 3.20. The minimum atomic E-state index is -2.03. The van der Waals surface area contributed by atoms with Crippen molar-refractivity contribution in [2.45, 2.75) is 64.3 Å². The van der Waals surface area contributed by atoms with Crippen LogP contribution in [-0.4, -0.2) is 18.3 Å². The van der Waals surface area contributed by atoms with E-state index in [1.807, 2.05) is 17.4 Å². The number of hydrogen-bond donors (Lipinski definition) is 2. The van der Waals surface area contributed by atoms with Gasteiger partial charge in [0.25, 0.3) is 0 Å². The van der Waals surface area contributed by atoms with Crippen molar-refractivity contribution >= 4 is 11.3 Å². The highest BCUT2D eigenvalue weighted by molar-refractivity contribution is 7.10. The van der Waals surface area contributed by atoms with Crippen molar-refractivity contribution < 1.29 is 8.85 Å². The van der Waals surface area contributed by atoms with E-state index in [2.05, 4.69) is 29.0 Å². The molecular weight excluding hydrogens is 316 g/mol. The lowest BCUT2D eigenvalue weighted by atomic mass is 9.77. The lowest BCUT2D eigenvalue weighted by molar-refractivity contribution is 0.0963. The van der Waals surface area contributed by atoms with Crippen LogP contribution < -0.4 is 10.6 Å². The number of nitrogens with one attached hydrogen (secondary N) is 2. The maximum Gasteiger partial charge on any atom is 0.157 e. The summed E-state index contributed by atoms with van der Waals surface area (Å²) in [6.07, 6.45) is 8.13. The van der Waals surface area contributed by atoms with E-state index < -0.39 is 12.9 Å². The van der Waals surface area contributed by atoms with Gasteiger partial charge in [0.2, 0.25) is 0 Å². The number of thiophene rings is 1. The highest BCUT2D eigenvalue weighted by atomic mass is 32.1. The molecule has 0 amide bonds. The molecule has 5 rings (SSSR count). The lowest BCUT2D eigenvalue weighted by Crippen LogP contribution is -2.42. The first-order valence-corrected chi connectivity index (χ1v) is 9.93. The quantitative estimate of drug-likeness (QED) is 0.762. The van der Waals surface area contributed by atoms with Crippen molar-refractivity contribution in [1.29, 1.82) is 0 Å². The second-order valence-electron chi connectivity index (χ2n) is 7.49. The molecule has 3 nitrogen and oxygen atoms in total. The Hall–Kier alpha value is -1.10. The SMILES string of the molecule is [2H]C([2H])([2H])[C@@H]1C=CC2[C@@H]3CCCC([C@H]4Cc5c(C)csc5CN4)=C3O[C@@H]2N1. The topological polar surface area (TPSA) is 33.3 Å². The first-order chi connectivity index (χ1) is 12.9. The van der Waals surface area contributed by atoms with Crippen LogP contribution in [0.1, 0.15) is 46.2 Å². The molecule has 0 saturated carbocycles. The van der Waals surface area contributed by atoms with Gasteiger partial charge in [-0.1, -0.05) is 12.2 Å². The third-order valence-corrected chi connectivity index (χ3v) is 7.23. The summed E-state index contributed by atoms with van der Waals surface area (Å²) in [5.41, 5.74) is 4.33. The van der Waals surface area contributed by atoms with Gasteiger partial charge < -0.3 is 10.1 Å². The molecule has 0 spiro atoms. The molecule has 4 heteroatoms. The van der Waals surface area contributed by atoms with Gasteiger partial charge in [-0.15, -0.1) is 11.3 Å². The van der Waals surface area contributed by atoms with Crippen LogP contribution in [0.25, 0.3) is 0 Å². The molecule has 1 fully saturated rings. The molecule has 1 aliphatic carbocycles. The molecule has 2 N–H and O–H groups in total. The monoisotopic (exact) mass is 345 g/mol. The van der Waals surface area contributed by atoms with Crippen LogP contribution in [0, 0.1) is 18.8 Å². The van der Waals surface area contributed by atoms with E-state index in [1.54, 1.807) is 0 Å². The summed E-state index contributed by atoms with van der Waals surface area (Å²) < 4.78 is 29.5. The van der Waals surface area contributed by atoms with Crippen LogP contribution >= 0.6 is 11.3 Å². The molecule has 1 aromatic rings. The molecule has 3 aliphatic heterocycles. The van der Waals surface area contributed by atoms with E-state index in [1.165, 1.54) is 28.0 Å². The van der Waals surface area contributed by atoms with Crippen molar-refractivity contribution in [3.8, 4) is 0 Å². The molecule has 0 radical (unpaired) electrons. The summed E-state index contributed by atoms with van der Waals surface area (Å²) in [5.74, 6) is 1.76. The second kappa shape index (κ2) is 5.72. The van der Waals surface area contributed by atoms with E-state index in [0.29, 0.717) is 12.0 Å². The maximum atomic E-state index is 7.70. The third kappa shape index (κ3) is 2.31. The number of aryl methyl sites for hydroxylation is 1. The predicted octanol–water partition coefficient (Wildman–Crippen LogP) is 3.65. The number of hydrogen-bond acceptors (Lipinski definition) is 4. The Balaban J connectivity index is 1.43. The fourth-order valence-electron chi connectivity index (χ4n) is 4.84. The lowest BCUT2D eigenvalue weighted by Gasteiger charge is -2.32. The Bertz CT molecular complexity index is 813. The molecule has 128 valence electrons. The molecule has 1 unspecified atom stereocenters. The zero-order valence-corrected chi connectivity index (χ0v) is 14.8. The zero-order valence-electron chi connectivity index (χ0n) is 17.0. The van der Waals surface area contributed by atoms with E-state index in [9.17, 15) is 0 Å². The fourth-order valence-corrected chi connectivity index (χ4v) is 5.86. The van der Waals surface area contributed by atoms with Crippen molar-refractivity contribution in [2.24, 2.45) is 11.8 Å². The van der Waals surface area contributed by atoms with Gasteiger partial charge in [0, 0.05) is 39.5 Å². The van der Waals surface area contributed by atoms with Gasteiger partial charge in [-0.25, -0.2) is 0 Å². The highest BCUT2D eigenvalue weighted by Gasteiger charge is 2.45. The van der Waals surface area contributed by atoms with Crippen LogP contribution in [0.2, 0.25) is 0 Å². The molecule has 24 heavy (non-hydrogen) atoms. The third-order valence-electron chi connectivity index (χ3n) is 6.08. The molecule has 4 aliphatic rings. The standard InChI is InChI=1S/C20H26N2OS/c1-11-10-24-18-9-21-17(8-16(11)18)15-5-3-4-13-14-7-6-12(2)22-20(14)23-19(13)15/h6-7,10,12-14,17,20-22H,3-5,8-9H2,1-2H3/t12-,13+,14?,17-,20+/m1/s1/i2D3. The molecule has 0 bridgehead atoms. The van der Waals surface area contributed by atoms with Gasteiger partial charge in [-0.3, -0.25) is 5.32 Å². The van der Waals surface area contributed by atoms with Crippen molar-refractivity contribution in [3.05, 3.63) is 44.9 Å². The van der Waals surface area contributed by atoms with Crippen LogP contribution in [0.3, 0.4) is 0 Å². The second-order valence-corrected chi connectivity index (χ2v) is 8.46. The minimum absolute atomic E-state index is 0.212. The first-order valence-electron chi connectivity index (χ1n) is 10.5. The van der Waals surface area contributed by atoms with Crippen molar-refractivity contribution in [3.63, 3.8) is 0 Å². The maximum absolute atomic E-state index is 7.70. The molecule has 5 atom stereocenters. The zero-order chi connectivity index (χ0) is 18.8. The fraction of sp³-hybridized carbons (Fsp3) is 0.600. The molecule has 4 heterocycles. The summed E-state index contributed by atoms with van der Waals surface area (Å²) in [7, 11) is 0. The Kier molecular flexibility index (Phi) is 2.93. The molecular formula is C20H26N2OS. The van der Waals surface area contributed by atoms with Gasteiger partial charge in [0.15, 0.2) is 6.23 Å². The van der Waals surface area contributed by atoms with Crippen LogP contribution in [0.15, 0.2) is 28.9 Å². The Morgan fingerprint density at radius 2 is 2.33 bits per heavy atom. The van der Waals surface area contributed by atoms with Crippen LogP contribution in [-0.2, 0) is 17.7 Å². The Morgan fingerprint density at radius 3 is 3.25 bits per heavy atom. The van der Waals surface area contributed by atoms with Crippen LogP contribution in [0.4, 0.5) is 0 Å². The van der Waals surface area contributed by atoms with Gasteiger partial charge in [0.1, 0.15) is 5.76 Å². The van der Waals surface area contributed by atoms with E-state index in [0.717, 1.165) is 31.6 Å². The number of rotatable bonds is 1. The van der Waals surface area contributed by atoms with Gasteiger partial charge in [-0.2, -0.15) is 0 Å². The van der Waals surface area contributed by atoms with E-state index in [-0.39, 0.29) is 12.1 Å². The van der Waals surface area contributed by atoms with E-state index >= 15 is 0 Å².